The van der Waals surface area contributed by atoms with Crippen molar-refractivity contribution in [2.24, 2.45) is 0 Å². The third-order valence-corrected chi connectivity index (χ3v) is 4.07. The number of rotatable bonds is 7. The number of hydrogen-bond donors (Lipinski definition) is 2. The molecule has 1 atom stereocenters. The minimum absolute atomic E-state index is 0.111. The van der Waals surface area contributed by atoms with E-state index in [1.807, 2.05) is 23.6 Å². The van der Waals surface area contributed by atoms with Gasteiger partial charge in [-0.3, -0.25) is 4.79 Å². The van der Waals surface area contributed by atoms with Gasteiger partial charge in [0.15, 0.2) is 0 Å². The molecule has 4 nitrogen and oxygen atoms in total. The van der Waals surface area contributed by atoms with E-state index in [2.05, 4.69) is 48.5 Å². The average molecular weight is 329 g/mol. The second kappa shape index (κ2) is 8.04. The third-order valence-electron chi connectivity index (χ3n) is 3.47. The summed E-state index contributed by atoms with van der Waals surface area (Å²) < 4.78 is 0. The van der Waals surface area contributed by atoms with Gasteiger partial charge >= 0.3 is 0 Å². The Balaban J connectivity index is 1.82. The number of benzene rings is 1. The van der Waals surface area contributed by atoms with Gasteiger partial charge in [-0.2, -0.15) is 0 Å². The molecular weight excluding hydrogens is 306 g/mol. The average Bonchev–Trinajstić information content (AvgIpc) is 3.05. The molecule has 1 aromatic heterocycles. The number of carbonyl (C=O) groups excluding carboxylic acids is 1. The number of aromatic nitrogens is 1. The maximum absolute atomic E-state index is 11.9. The van der Waals surface area contributed by atoms with E-state index in [0.717, 1.165) is 5.69 Å². The first-order valence-electron chi connectivity index (χ1n) is 7.63. The topological polar surface area (TPSA) is 54.0 Å². The standard InChI is InChI=1S/C18H23N3OS/c1-14(15-7-5-4-6-8-15)21-18(2,3)12-19-17(22)10-9-16-11-23-13-20-16/h4-11,13-14,21H,12H2,1-3H3,(H,19,22)/b10-9-/t14-/m0/s1. The lowest BCUT2D eigenvalue weighted by Gasteiger charge is -2.30. The van der Waals surface area contributed by atoms with E-state index < -0.39 is 0 Å². The Bertz CT molecular complexity index is 636. The molecule has 0 spiro atoms. The van der Waals surface area contributed by atoms with E-state index in [9.17, 15) is 4.79 Å². The molecule has 2 N–H and O–H groups in total. The van der Waals surface area contributed by atoms with E-state index in [1.165, 1.54) is 23.0 Å². The molecule has 0 fully saturated rings. The molecule has 0 aliphatic rings. The minimum Gasteiger partial charge on any atom is -0.351 e. The summed E-state index contributed by atoms with van der Waals surface area (Å²) >= 11 is 1.51. The van der Waals surface area contributed by atoms with Crippen molar-refractivity contribution in [3.63, 3.8) is 0 Å². The van der Waals surface area contributed by atoms with Crippen LogP contribution in [-0.2, 0) is 4.79 Å². The zero-order valence-corrected chi connectivity index (χ0v) is 14.6. The largest absolute Gasteiger partial charge is 0.351 e. The van der Waals surface area contributed by atoms with Gasteiger partial charge in [0.1, 0.15) is 0 Å². The maximum Gasteiger partial charge on any atom is 0.244 e. The normalized spacial score (nSPS) is 13.2. The fourth-order valence-electron chi connectivity index (χ4n) is 2.29. The summed E-state index contributed by atoms with van der Waals surface area (Å²) in [5.41, 5.74) is 3.57. The highest BCUT2D eigenvalue weighted by Gasteiger charge is 2.21. The van der Waals surface area contributed by atoms with Gasteiger partial charge in [0.25, 0.3) is 0 Å². The van der Waals surface area contributed by atoms with E-state index in [1.54, 1.807) is 11.6 Å². The minimum atomic E-state index is -0.209. The molecule has 122 valence electrons. The number of carbonyl (C=O) groups is 1. The van der Waals surface area contributed by atoms with Crippen molar-refractivity contribution in [2.75, 3.05) is 6.54 Å². The van der Waals surface area contributed by atoms with E-state index in [4.69, 9.17) is 0 Å². The van der Waals surface area contributed by atoms with Gasteiger partial charge < -0.3 is 10.6 Å². The quantitative estimate of drug-likeness (QED) is 0.766. The molecule has 1 heterocycles. The molecule has 1 aromatic carbocycles. The lowest BCUT2D eigenvalue weighted by molar-refractivity contribution is -0.116. The van der Waals surface area contributed by atoms with Gasteiger partial charge in [-0.1, -0.05) is 30.3 Å². The van der Waals surface area contributed by atoms with Crippen molar-refractivity contribution in [1.29, 1.82) is 0 Å². The van der Waals surface area contributed by atoms with E-state index >= 15 is 0 Å². The van der Waals surface area contributed by atoms with E-state index in [0.29, 0.717) is 6.54 Å². The van der Waals surface area contributed by atoms with Crippen molar-refractivity contribution in [3.8, 4) is 0 Å². The predicted molar refractivity (Wildman–Crippen MR) is 96.2 cm³/mol. The summed E-state index contributed by atoms with van der Waals surface area (Å²) in [7, 11) is 0. The van der Waals surface area contributed by atoms with Gasteiger partial charge in [-0.15, -0.1) is 11.3 Å². The smallest absolute Gasteiger partial charge is 0.244 e. The third kappa shape index (κ3) is 5.96. The van der Waals surface area contributed by atoms with Crippen LogP contribution in [0.5, 0.6) is 0 Å². The number of amides is 1. The van der Waals surface area contributed by atoms with Crippen LogP contribution in [0, 0.1) is 0 Å². The summed E-state index contributed by atoms with van der Waals surface area (Å²) in [6.45, 7) is 6.83. The first-order valence-corrected chi connectivity index (χ1v) is 8.57. The van der Waals surface area contributed by atoms with Gasteiger partial charge in [-0.05, 0) is 32.4 Å². The molecule has 2 aromatic rings. The van der Waals surface area contributed by atoms with Gasteiger partial charge in [0.2, 0.25) is 5.91 Å². The van der Waals surface area contributed by atoms with Crippen LogP contribution in [0.15, 0.2) is 47.3 Å². The number of nitrogens with zero attached hydrogens (tertiary/aromatic N) is 1. The fraction of sp³-hybridized carbons (Fsp3) is 0.333. The molecule has 0 aliphatic heterocycles. The monoisotopic (exact) mass is 329 g/mol. The van der Waals surface area contributed by atoms with Crippen LogP contribution in [0.2, 0.25) is 0 Å². The fourth-order valence-corrected chi connectivity index (χ4v) is 2.82. The summed E-state index contributed by atoms with van der Waals surface area (Å²) in [6, 6.07) is 10.5. The number of hydrogen-bond acceptors (Lipinski definition) is 4. The van der Waals surface area contributed by atoms with Gasteiger partial charge in [0.05, 0.1) is 11.2 Å². The first kappa shape index (κ1) is 17.4. The molecule has 5 heteroatoms. The van der Waals surface area contributed by atoms with Crippen molar-refractivity contribution in [2.45, 2.75) is 32.4 Å². The van der Waals surface area contributed by atoms with Crippen LogP contribution in [-0.4, -0.2) is 23.0 Å². The first-order chi connectivity index (χ1) is 11.0. The summed E-state index contributed by atoms with van der Waals surface area (Å²) in [5, 5.41) is 8.38. The molecule has 0 bridgehead atoms. The van der Waals surface area contributed by atoms with Crippen molar-refractivity contribution in [3.05, 3.63) is 58.6 Å². The number of thiazole rings is 1. The van der Waals surface area contributed by atoms with Crippen LogP contribution >= 0.6 is 11.3 Å². The Hall–Kier alpha value is -1.98. The van der Waals surface area contributed by atoms with Crippen molar-refractivity contribution >= 4 is 23.3 Å². The Morgan fingerprint density at radius 1 is 1.35 bits per heavy atom. The number of nitrogens with one attached hydrogen (secondary N) is 2. The van der Waals surface area contributed by atoms with Crippen LogP contribution < -0.4 is 10.6 Å². The molecule has 0 saturated heterocycles. The van der Waals surface area contributed by atoms with Crippen LogP contribution in [0.4, 0.5) is 0 Å². The highest BCUT2D eigenvalue weighted by molar-refractivity contribution is 7.07. The molecular formula is C18H23N3OS. The van der Waals surface area contributed by atoms with Crippen LogP contribution in [0.1, 0.15) is 38.1 Å². The zero-order valence-electron chi connectivity index (χ0n) is 13.7. The maximum atomic E-state index is 11.9. The van der Waals surface area contributed by atoms with Crippen molar-refractivity contribution < 1.29 is 4.79 Å². The molecule has 0 radical (unpaired) electrons. The van der Waals surface area contributed by atoms with Crippen LogP contribution in [0.3, 0.4) is 0 Å². The van der Waals surface area contributed by atoms with Crippen molar-refractivity contribution in [1.82, 2.24) is 15.6 Å². The molecule has 1 amide bonds. The predicted octanol–water partition coefficient (Wildman–Crippen LogP) is 3.40. The zero-order chi connectivity index (χ0) is 16.7. The lowest BCUT2D eigenvalue weighted by atomic mass is 10.0. The highest BCUT2D eigenvalue weighted by Crippen LogP contribution is 2.15. The molecule has 0 unspecified atom stereocenters. The summed E-state index contributed by atoms with van der Waals surface area (Å²) in [5.74, 6) is -0.111. The van der Waals surface area contributed by atoms with Crippen LogP contribution in [0.25, 0.3) is 6.08 Å². The Labute approximate surface area is 141 Å². The summed E-state index contributed by atoms with van der Waals surface area (Å²) in [4.78, 5) is 16.0. The van der Waals surface area contributed by atoms with Gasteiger partial charge in [0, 0.05) is 29.6 Å². The lowest BCUT2D eigenvalue weighted by Crippen LogP contribution is -2.49. The Kier molecular flexibility index (Phi) is 6.07. The molecule has 23 heavy (non-hydrogen) atoms. The SMILES string of the molecule is C[C@H](NC(C)(C)CNC(=O)/C=C\c1cscn1)c1ccccc1. The second-order valence-electron chi connectivity index (χ2n) is 6.13. The summed E-state index contributed by atoms with van der Waals surface area (Å²) in [6.07, 6.45) is 3.24. The molecule has 0 saturated carbocycles. The Morgan fingerprint density at radius 2 is 2.09 bits per heavy atom. The Morgan fingerprint density at radius 3 is 2.74 bits per heavy atom. The van der Waals surface area contributed by atoms with E-state index in [-0.39, 0.29) is 17.5 Å². The molecule has 0 aliphatic carbocycles. The molecule has 2 rings (SSSR count). The highest BCUT2D eigenvalue weighted by atomic mass is 32.1. The van der Waals surface area contributed by atoms with Gasteiger partial charge in [-0.25, -0.2) is 4.98 Å². The second-order valence-corrected chi connectivity index (χ2v) is 6.84.